The van der Waals surface area contributed by atoms with E-state index in [0.717, 1.165) is 5.56 Å². The number of likely N-dealkylation sites (tertiary alicyclic amines) is 1. The summed E-state index contributed by atoms with van der Waals surface area (Å²) in [5.41, 5.74) is 2.76. The van der Waals surface area contributed by atoms with E-state index >= 15 is 0 Å². The average molecular weight is 362 g/mol. The van der Waals surface area contributed by atoms with E-state index in [1.807, 2.05) is 54.6 Å². The van der Waals surface area contributed by atoms with Crippen LogP contribution in [0.1, 0.15) is 46.3 Å². The van der Waals surface area contributed by atoms with E-state index in [0.29, 0.717) is 23.2 Å². The van der Waals surface area contributed by atoms with Gasteiger partial charge in [-0.15, -0.1) is 0 Å². The number of hydrogen-bond acceptors (Lipinski definition) is 3. The van der Waals surface area contributed by atoms with Gasteiger partial charge in [-0.25, -0.2) is 0 Å². The number of nitrogens with zero attached hydrogens (tertiary/aromatic N) is 1. The first-order valence-corrected chi connectivity index (χ1v) is 8.99. The summed E-state index contributed by atoms with van der Waals surface area (Å²) < 4.78 is 0. The van der Waals surface area contributed by atoms with Gasteiger partial charge in [-0.3, -0.25) is 19.3 Å². The van der Waals surface area contributed by atoms with Crippen LogP contribution in [0, 0.1) is 0 Å². The van der Waals surface area contributed by atoms with Crippen molar-refractivity contribution in [3.05, 3.63) is 70.8 Å². The topological polar surface area (TPSA) is 66.5 Å². The molecule has 5 heteroatoms. The van der Waals surface area contributed by atoms with E-state index in [9.17, 15) is 14.4 Å². The van der Waals surface area contributed by atoms with E-state index in [-0.39, 0.29) is 24.1 Å². The van der Waals surface area contributed by atoms with Gasteiger partial charge in [0.2, 0.25) is 11.8 Å². The van der Waals surface area contributed by atoms with Crippen LogP contribution >= 0.6 is 0 Å². The number of hydrogen-bond donors (Lipinski definition) is 1. The van der Waals surface area contributed by atoms with E-state index in [2.05, 4.69) is 5.32 Å². The van der Waals surface area contributed by atoms with Gasteiger partial charge < -0.3 is 5.32 Å². The van der Waals surface area contributed by atoms with Crippen LogP contribution in [0.25, 0.3) is 12.2 Å². The Morgan fingerprint density at radius 2 is 1.85 bits per heavy atom. The molecule has 1 heterocycles. The van der Waals surface area contributed by atoms with Gasteiger partial charge in [0.15, 0.2) is 0 Å². The molecular formula is C22H22N2O3. The number of likely N-dealkylation sites (N-methyl/N-ethyl adjacent to an activating group) is 1. The zero-order valence-corrected chi connectivity index (χ0v) is 15.4. The van der Waals surface area contributed by atoms with E-state index in [1.165, 1.54) is 4.90 Å². The van der Waals surface area contributed by atoms with Crippen molar-refractivity contribution in [3.63, 3.8) is 0 Å². The molecule has 1 aliphatic heterocycles. The molecule has 1 fully saturated rings. The van der Waals surface area contributed by atoms with Gasteiger partial charge >= 0.3 is 0 Å². The molecule has 0 saturated carbocycles. The maximum atomic E-state index is 12.7. The van der Waals surface area contributed by atoms with Crippen LogP contribution in [0.5, 0.6) is 0 Å². The third-order valence-corrected chi connectivity index (χ3v) is 4.77. The molecular weight excluding hydrogens is 340 g/mol. The van der Waals surface area contributed by atoms with Crippen LogP contribution < -0.4 is 5.32 Å². The summed E-state index contributed by atoms with van der Waals surface area (Å²) in [6.45, 7) is 2.12. The van der Waals surface area contributed by atoms with Crippen LogP contribution in [0.3, 0.4) is 0 Å². The molecule has 0 radical (unpaired) electrons. The Kier molecular flexibility index (Phi) is 5.50. The lowest BCUT2D eigenvalue weighted by Crippen LogP contribution is -2.30. The van der Waals surface area contributed by atoms with Crippen LogP contribution in [-0.4, -0.2) is 36.2 Å². The first kappa shape index (κ1) is 18.6. The van der Waals surface area contributed by atoms with Crippen molar-refractivity contribution in [1.82, 2.24) is 10.2 Å². The third-order valence-electron chi connectivity index (χ3n) is 4.77. The molecule has 1 aliphatic rings. The van der Waals surface area contributed by atoms with Gasteiger partial charge in [0.25, 0.3) is 5.91 Å². The summed E-state index contributed by atoms with van der Waals surface area (Å²) in [4.78, 5) is 38.7. The molecule has 0 aromatic heterocycles. The minimum Gasteiger partial charge on any atom is -0.355 e. The molecule has 2 aromatic rings. The molecule has 3 rings (SSSR count). The number of carbonyl (C=O) groups excluding carboxylic acids is 3. The second kappa shape index (κ2) is 7.99. The average Bonchev–Trinajstić information content (AvgIpc) is 2.99. The monoisotopic (exact) mass is 362 g/mol. The molecule has 0 bridgehead atoms. The first-order valence-electron chi connectivity index (χ1n) is 8.99. The van der Waals surface area contributed by atoms with Gasteiger partial charge in [-0.05, 0) is 23.6 Å². The van der Waals surface area contributed by atoms with Crippen molar-refractivity contribution in [2.75, 3.05) is 13.6 Å². The Morgan fingerprint density at radius 1 is 1.11 bits per heavy atom. The Bertz CT molecular complexity index is 903. The van der Waals surface area contributed by atoms with Crippen molar-refractivity contribution in [3.8, 4) is 0 Å². The number of amides is 3. The lowest BCUT2D eigenvalue weighted by molar-refractivity contribution is -0.138. The van der Waals surface area contributed by atoms with Gasteiger partial charge in [0.1, 0.15) is 0 Å². The van der Waals surface area contributed by atoms with Crippen molar-refractivity contribution in [2.24, 2.45) is 0 Å². The minimum absolute atomic E-state index is 0.0997. The number of imide groups is 1. The molecule has 1 N–H and O–H groups in total. The number of nitrogens with one attached hydrogen (secondary N) is 1. The first-order chi connectivity index (χ1) is 13.1. The fourth-order valence-corrected chi connectivity index (χ4v) is 3.41. The molecule has 3 amide bonds. The summed E-state index contributed by atoms with van der Waals surface area (Å²) >= 11 is 0. The zero-order valence-electron chi connectivity index (χ0n) is 15.4. The highest BCUT2D eigenvalue weighted by Gasteiger charge is 2.40. The Morgan fingerprint density at radius 3 is 2.48 bits per heavy atom. The highest BCUT2D eigenvalue weighted by molar-refractivity contribution is 6.08. The summed E-state index contributed by atoms with van der Waals surface area (Å²) in [5, 5.41) is 2.65. The quantitative estimate of drug-likeness (QED) is 0.657. The molecule has 0 aliphatic carbocycles. The van der Waals surface area contributed by atoms with E-state index < -0.39 is 5.92 Å². The van der Waals surface area contributed by atoms with Crippen LogP contribution in [0.2, 0.25) is 0 Å². The largest absolute Gasteiger partial charge is 0.355 e. The second-order valence-corrected chi connectivity index (χ2v) is 6.37. The molecule has 2 aromatic carbocycles. The van der Waals surface area contributed by atoms with E-state index in [4.69, 9.17) is 0 Å². The predicted octanol–water partition coefficient (Wildman–Crippen LogP) is 3.08. The molecule has 0 spiro atoms. The zero-order chi connectivity index (χ0) is 19.4. The Hall–Kier alpha value is -3.21. The van der Waals surface area contributed by atoms with Gasteiger partial charge in [0, 0.05) is 20.0 Å². The maximum Gasteiger partial charge on any atom is 0.251 e. The Labute approximate surface area is 158 Å². The lowest BCUT2D eigenvalue weighted by atomic mass is 9.89. The van der Waals surface area contributed by atoms with Crippen LogP contribution in [0.15, 0.2) is 48.5 Å². The maximum absolute atomic E-state index is 12.7. The highest BCUT2D eigenvalue weighted by atomic mass is 16.2. The molecule has 1 atom stereocenters. The van der Waals surface area contributed by atoms with Crippen LogP contribution in [0.4, 0.5) is 0 Å². The van der Waals surface area contributed by atoms with Crippen LogP contribution in [-0.2, 0) is 9.59 Å². The fraction of sp³-hybridized carbons (Fsp3) is 0.227. The normalized spacial score (nSPS) is 17.0. The molecule has 1 saturated heterocycles. The SMILES string of the molecule is CCN1C(=O)CC(c2cccc(/C=C/c3ccccc3)c2C(=O)NC)C1=O. The van der Waals surface area contributed by atoms with Gasteiger partial charge in [-0.1, -0.05) is 60.7 Å². The smallest absolute Gasteiger partial charge is 0.251 e. The van der Waals surface area contributed by atoms with Crippen molar-refractivity contribution >= 4 is 29.9 Å². The summed E-state index contributed by atoms with van der Waals surface area (Å²) in [6, 6.07) is 15.2. The molecule has 27 heavy (non-hydrogen) atoms. The summed E-state index contributed by atoms with van der Waals surface area (Å²) in [6.07, 6.45) is 3.89. The fourth-order valence-electron chi connectivity index (χ4n) is 3.41. The number of rotatable bonds is 5. The lowest BCUT2D eigenvalue weighted by Gasteiger charge is -2.16. The molecule has 1 unspecified atom stereocenters. The second-order valence-electron chi connectivity index (χ2n) is 6.37. The molecule has 5 nitrogen and oxygen atoms in total. The number of carbonyl (C=O) groups is 3. The minimum atomic E-state index is -0.616. The standard InChI is InChI=1S/C22H22N2O3/c1-3-24-19(25)14-18(22(24)27)17-11-7-10-16(20(17)21(26)23-2)13-12-15-8-5-4-6-9-15/h4-13,18H,3,14H2,1-2H3,(H,23,26)/b13-12+. The number of benzene rings is 2. The van der Waals surface area contributed by atoms with Crippen molar-refractivity contribution < 1.29 is 14.4 Å². The molecule has 138 valence electrons. The highest BCUT2D eigenvalue weighted by Crippen LogP contribution is 2.33. The summed E-state index contributed by atoms with van der Waals surface area (Å²) in [5.74, 6) is -1.32. The van der Waals surface area contributed by atoms with Crippen molar-refractivity contribution in [1.29, 1.82) is 0 Å². The third kappa shape index (κ3) is 3.67. The summed E-state index contributed by atoms with van der Waals surface area (Å²) in [7, 11) is 1.56. The van der Waals surface area contributed by atoms with E-state index in [1.54, 1.807) is 20.0 Å². The van der Waals surface area contributed by atoms with Crippen molar-refractivity contribution in [2.45, 2.75) is 19.3 Å². The Balaban J connectivity index is 2.05. The predicted molar refractivity (Wildman–Crippen MR) is 105 cm³/mol. The van der Waals surface area contributed by atoms with Gasteiger partial charge in [0.05, 0.1) is 11.5 Å². The van der Waals surface area contributed by atoms with Gasteiger partial charge in [-0.2, -0.15) is 0 Å².